The van der Waals surface area contributed by atoms with Gasteiger partial charge in [-0.1, -0.05) is 25.0 Å². The van der Waals surface area contributed by atoms with Crippen molar-refractivity contribution in [2.45, 2.75) is 51.2 Å². The summed E-state index contributed by atoms with van der Waals surface area (Å²) in [5.74, 6) is 0.545. The Hall–Kier alpha value is -3.09. The van der Waals surface area contributed by atoms with Gasteiger partial charge >= 0.3 is 0 Å². The fraction of sp³-hybridized carbons (Fsp3) is 0.381. The van der Waals surface area contributed by atoms with Crippen molar-refractivity contribution in [1.82, 2.24) is 20.2 Å². The quantitative estimate of drug-likeness (QED) is 0.687. The average Bonchev–Trinajstić information content (AvgIpc) is 3.43. The maximum absolute atomic E-state index is 12.6. The summed E-state index contributed by atoms with van der Waals surface area (Å²) in [6.45, 7) is 2.03. The Balaban J connectivity index is 1.57. The molecule has 0 radical (unpaired) electrons. The molecule has 1 fully saturated rings. The third-order valence-electron chi connectivity index (χ3n) is 5.19. The Kier molecular flexibility index (Phi) is 5.14. The number of rotatable bonds is 6. The van der Waals surface area contributed by atoms with Crippen LogP contribution >= 0.6 is 0 Å². The Morgan fingerprint density at radius 2 is 2.00 bits per heavy atom. The van der Waals surface area contributed by atoms with Gasteiger partial charge in [-0.05, 0) is 44.0 Å². The van der Waals surface area contributed by atoms with Crippen molar-refractivity contribution in [2.24, 2.45) is 0 Å². The minimum atomic E-state index is -0.385. The van der Waals surface area contributed by atoms with Gasteiger partial charge in [-0.15, -0.1) is 0 Å². The van der Waals surface area contributed by atoms with Crippen LogP contribution in [-0.2, 0) is 11.3 Å². The number of para-hydroxylation sites is 2. The van der Waals surface area contributed by atoms with E-state index in [2.05, 4.69) is 15.6 Å². The zero-order valence-corrected chi connectivity index (χ0v) is 15.9. The van der Waals surface area contributed by atoms with E-state index in [1.807, 2.05) is 35.8 Å². The molecule has 2 amide bonds. The minimum Gasteiger partial charge on any atom is -0.459 e. The first kappa shape index (κ1) is 18.3. The third-order valence-corrected chi connectivity index (χ3v) is 5.19. The largest absolute Gasteiger partial charge is 0.459 e. The molecule has 1 aliphatic rings. The molecule has 0 bridgehead atoms. The van der Waals surface area contributed by atoms with Crippen LogP contribution in [-0.4, -0.2) is 27.4 Å². The van der Waals surface area contributed by atoms with Gasteiger partial charge in [0, 0.05) is 6.04 Å². The smallest absolute Gasteiger partial charge is 0.287 e. The fourth-order valence-corrected chi connectivity index (χ4v) is 3.82. The molecule has 1 unspecified atom stereocenters. The van der Waals surface area contributed by atoms with Crippen molar-refractivity contribution < 1.29 is 14.0 Å². The van der Waals surface area contributed by atoms with Crippen LogP contribution in [0.5, 0.6) is 0 Å². The lowest BCUT2D eigenvalue weighted by molar-refractivity contribution is -0.122. The summed E-state index contributed by atoms with van der Waals surface area (Å²) in [5, 5.41) is 6.02. The molecular formula is C21H24N4O3. The van der Waals surface area contributed by atoms with Crippen molar-refractivity contribution in [2.75, 3.05) is 0 Å². The molecule has 0 saturated heterocycles. The molecule has 7 heteroatoms. The molecule has 0 spiro atoms. The second-order valence-corrected chi connectivity index (χ2v) is 7.27. The Bertz CT molecular complexity index is 971. The first-order valence-corrected chi connectivity index (χ1v) is 9.70. The second kappa shape index (κ2) is 7.88. The molecule has 3 aromatic rings. The number of imidazole rings is 1. The van der Waals surface area contributed by atoms with Crippen molar-refractivity contribution in [3.63, 3.8) is 0 Å². The Morgan fingerprint density at radius 1 is 1.21 bits per heavy atom. The lowest BCUT2D eigenvalue weighted by Crippen LogP contribution is -2.36. The highest BCUT2D eigenvalue weighted by atomic mass is 16.3. The normalized spacial score (nSPS) is 15.6. The monoisotopic (exact) mass is 380 g/mol. The van der Waals surface area contributed by atoms with Crippen LogP contribution in [0.25, 0.3) is 11.0 Å². The molecule has 1 aliphatic carbocycles. The average molecular weight is 380 g/mol. The SMILES string of the molecule is CC(NC(=O)c1ccco1)c1nc2ccccc2n1CC(=O)NC1CCCC1. The Morgan fingerprint density at radius 3 is 2.75 bits per heavy atom. The van der Waals surface area contributed by atoms with Gasteiger partial charge in [-0.2, -0.15) is 0 Å². The highest BCUT2D eigenvalue weighted by Crippen LogP contribution is 2.22. The van der Waals surface area contributed by atoms with Gasteiger partial charge in [0.25, 0.3) is 5.91 Å². The van der Waals surface area contributed by atoms with Gasteiger partial charge in [0.2, 0.25) is 5.91 Å². The zero-order valence-electron chi connectivity index (χ0n) is 15.9. The van der Waals surface area contributed by atoms with E-state index in [4.69, 9.17) is 4.42 Å². The molecule has 2 aromatic heterocycles. The highest BCUT2D eigenvalue weighted by molar-refractivity contribution is 5.91. The van der Waals surface area contributed by atoms with E-state index in [1.165, 1.54) is 19.1 Å². The van der Waals surface area contributed by atoms with E-state index in [-0.39, 0.29) is 36.2 Å². The lowest BCUT2D eigenvalue weighted by atomic mass is 10.2. The van der Waals surface area contributed by atoms with Gasteiger partial charge < -0.3 is 19.6 Å². The van der Waals surface area contributed by atoms with Crippen LogP contribution in [0.15, 0.2) is 47.1 Å². The number of carbonyl (C=O) groups excluding carboxylic acids is 2. The number of carbonyl (C=O) groups is 2. The number of aromatic nitrogens is 2. The van der Waals surface area contributed by atoms with E-state index < -0.39 is 0 Å². The lowest BCUT2D eigenvalue weighted by Gasteiger charge is -2.17. The summed E-state index contributed by atoms with van der Waals surface area (Å²) < 4.78 is 7.04. The summed E-state index contributed by atoms with van der Waals surface area (Å²) in [7, 11) is 0. The number of benzene rings is 1. The minimum absolute atomic E-state index is 0.0270. The first-order chi connectivity index (χ1) is 13.6. The summed E-state index contributed by atoms with van der Waals surface area (Å²) in [4.78, 5) is 29.6. The number of amides is 2. The summed E-state index contributed by atoms with van der Waals surface area (Å²) >= 11 is 0. The number of nitrogens with one attached hydrogen (secondary N) is 2. The van der Waals surface area contributed by atoms with Crippen molar-refractivity contribution in [1.29, 1.82) is 0 Å². The highest BCUT2D eigenvalue weighted by Gasteiger charge is 2.23. The van der Waals surface area contributed by atoms with Crippen molar-refractivity contribution in [3.8, 4) is 0 Å². The van der Waals surface area contributed by atoms with Crippen molar-refractivity contribution >= 4 is 22.8 Å². The summed E-state index contributed by atoms with van der Waals surface area (Å²) in [6.07, 6.45) is 5.88. The molecule has 2 N–H and O–H groups in total. The summed E-state index contributed by atoms with van der Waals surface area (Å²) in [5.41, 5.74) is 1.67. The maximum atomic E-state index is 12.6. The van der Waals surface area contributed by atoms with E-state index in [0.29, 0.717) is 5.82 Å². The second-order valence-electron chi connectivity index (χ2n) is 7.27. The van der Waals surface area contributed by atoms with Gasteiger partial charge in [-0.3, -0.25) is 9.59 Å². The molecule has 1 saturated carbocycles. The van der Waals surface area contributed by atoms with Gasteiger partial charge in [-0.25, -0.2) is 4.98 Å². The molecule has 4 rings (SSSR count). The molecule has 1 atom stereocenters. The van der Waals surface area contributed by atoms with Crippen LogP contribution in [0, 0.1) is 0 Å². The molecular weight excluding hydrogens is 356 g/mol. The standard InChI is InChI=1S/C21H24N4O3/c1-14(22-21(27)18-11-6-12-28-18)20-24-16-9-4-5-10-17(16)25(20)13-19(26)23-15-7-2-3-8-15/h4-6,9-12,14-15H,2-3,7-8,13H2,1H3,(H,22,27)(H,23,26). The zero-order chi connectivity index (χ0) is 19.5. The molecule has 28 heavy (non-hydrogen) atoms. The van der Waals surface area contributed by atoms with Crippen LogP contribution in [0.4, 0.5) is 0 Å². The third kappa shape index (κ3) is 3.78. The van der Waals surface area contributed by atoms with E-state index in [0.717, 1.165) is 23.9 Å². The van der Waals surface area contributed by atoms with Crippen LogP contribution < -0.4 is 10.6 Å². The number of nitrogens with zero attached hydrogens (tertiary/aromatic N) is 2. The van der Waals surface area contributed by atoms with Gasteiger partial charge in [0.05, 0.1) is 23.3 Å². The predicted molar refractivity (Wildman–Crippen MR) is 105 cm³/mol. The number of hydrogen-bond donors (Lipinski definition) is 2. The maximum Gasteiger partial charge on any atom is 0.287 e. The van der Waals surface area contributed by atoms with Crippen LogP contribution in [0.3, 0.4) is 0 Å². The molecule has 2 heterocycles. The first-order valence-electron chi connectivity index (χ1n) is 9.70. The van der Waals surface area contributed by atoms with E-state index in [9.17, 15) is 9.59 Å². The summed E-state index contributed by atoms with van der Waals surface area (Å²) in [6, 6.07) is 10.8. The Labute approximate surface area is 163 Å². The van der Waals surface area contributed by atoms with Gasteiger partial charge in [0.15, 0.2) is 5.76 Å². The molecule has 0 aliphatic heterocycles. The van der Waals surface area contributed by atoms with Gasteiger partial charge in [0.1, 0.15) is 12.4 Å². The van der Waals surface area contributed by atoms with Crippen molar-refractivity contribution in [3.05, 3.63) is 54.2 Å². The van der Waals surface area contributed by atoms with Crippen LogP contribution in [0.1, 0.15) is 55.0 Å². The number of furan rings is 1. The topological polar surface area (TPSA) is 89.2 Å². The van der Waals surface area contributed by atoms with E-state index >= 15 is 0 Å². The molecule has 146 valence electrons. The van der Waals surface area contributed by atoms with Crippen LogP contribution in [0.2, 0.25) is 0 Å². The molecule has 7 nitrogen and oxygen atoms in total. The number of fused-ring (bicyclic) bond motifs is 1. The predicted octanol–water partition coefficient (Wildman–Crippen LogP) is 3.18. The number of hydrogen-bond acceptors (Lipinski definition) is 4. The van der Waals surface area contributed by atoms with E-state index in [1.54, 1.807) is 12.1 Å². The fourth-order valence-electron chi connectivity index (χ4n) is 3.82. The molecule has 1 aromatic carbocycles.